The standard InChI is InChI=1S/C6H7BrN2O/c1-10-4-5-2-9-6(7)3-8-5/h2-3H,4H2,1H3/i1D3,4D2. The summed E-state index contributed by atoms with van der Waals surface area (Å²) in [6.45, 7) is -2.49. The number of halogens is 1. The van der Waals surface area contributed by atoms with E-state index in [1.54, 1.807) is 0 Å². The second-order valence-corrected chi connectivity index (χ2v) is 2.24. The van der Waals surface area contributed by atoms with Crippen molar-refractivity contribution < 1.29 is 11.6 Å². The van der Waals surface area contributed by atoms with E-state index in [9.17, 15) is 0 Å². The summed E-state index contributed by atoms with van der Waals surface area (Å²) in [6.07, 6.45) is 2.37. The summed E-state index contributed by atoms with van der Waals surface area (Å²) in [5.41, 5.74) is -0.193. The fourth-order valence-electron chi connectivity index (χ4n) is 0.417. The number of hydrogen-bond acceptors (Lipinski definition) is 3. The second-order valence-electron chi connectivity index (χ2n) is 1.43. The van der Waals surface area contributed by atoms with Crippen LogP contribution in [0.1, 0.15) is 12.5 Å². The minimum absolute atomic E-state index is 0.193. The van der Waals surface area contributed by atoms with Gasteiger partial charge in [0.25, 0.3) is 0 Å². The van der Waals surface area contributed by atoms with E-state index in [-0.39, 0.29) is 5.69 Å². The Kier molecular flexibility index (Phi) is 1.19. The third kappa shape index (κ3) is 2.04. The highest BCUT2D eigenvalue weighted by molar-refractivity contribution is 9.10. The van der Waals surface area contributed by atoms with E-state index in [1.165, 1.54) is 6.20 Å². The van der Waals surface area contributed by atoms with Crippen molar-refractivity contribution in [1.29, 1.82) is 0 Å². The van der Waals surface area contributed by atoms with Gasteiger partial charge in [0.1, 0.15) is 4.60 Å². The predicted octanol–water partition coefficient (Wildman–Crippen LogP) is 1.39. The zero-order valence-corrected chi connectivity index (χ0v) is 6.42. The maximum absolute atomic E-state index is 7.36. The van der Waals surface area contributed by atoms with Gasteiger partial charge in [-0.3, -0.25) is 4.98 Å². The van der Waals surface area contributed by atoms with E-state index in [2.05, 4.69) is 30.6 Å². The van der Waals surface area contributed by atoms with Crippen molar-refractivity contribution in [3.05, 3.63) is 22.7 Å². The van der Waals surface area contributed by atoms with Crippen molar-refractivity contribution in [1.82, 2.24) is 9.97 Å². The predicted molar refractivity (Wildman–Crippen MR) is 40.4 cm³/mol. The number of aromatic nitrogens is 2. The molecule has 0 aromatic carbocycles. The average molecular weight is 208 g/mol. The maximum Gasteiger partial charge on any atom is 0.124 e. The fourth-order valence-corrected chi connectivity index (χ4v) is 0.622. The first-order chi connectivity index (χ1) is 6.71. The molecule has 0 N–H and O–H groups in total. The van der Waals surface area contributed by atoms with E-state index in [0.717, 1.165) is 6.20 Å². The fraction of sp³-hybridized carbons (Fsp3) is 0.333. The van der Waals surface area contributed by atoms with Crippen LogP contribution < -0.4 is 0 Å². The van der Waals surface area contributed by atoms with Crippen LogP contribution in [-0.4, -0.2) is 17.0 Å². The van der Waals surface area contributed by atoms with Gasteiger partial charge >= 0.3 is 0 Å². The topological polar surface area (TPSA) is 35.0 Å². The smallest absolute Gasteiger partial charge is 0.124 e. The van der Waals surface area contributed by atoms with Crippen molar-refractivity contribution in [2.24, 2.45) is 0 Å². The molecule has 0 fully saturated rings. The van der Waals surface area contributed by atoms with Crippen LogP contribution in [0.25, 0.3) is 0 Å². The van der Waals surface area contributed by atoms with Crippen molar-refractivity contribution in [3.8, 4) is 0 Å². The van der Waals surface area contributed by atoms with E-state index in [4.69, 9.17) is 6.85 Å². The molecule has 54 valence electrons. The minimum atomic E-state index is -2.82. The molecule has 0 aliphatic rings. The van der Waals surface area contributed by atoms with E-state index >= 15 is 0 Å². The van der Waals surface area contributed by atoms with Crippen molar-refractivity contribution >= 4 is 15.9 Å². The van der Waals surface area contributed by atoms with Gasteiger partial charge in [0.2, 0.25) is 0 Å². The molecule has 1 aromatic rings. The highest BCUT2D eigenvalue weighted by Crippen LogP contribution is 2.02. The first-order valence-electron chi connectivity index (χ1n) is 4.89. The molecular weight excluding hydrogens is 196 g/mol. The lowest BCUT2D eigenvalue weighted by Crippen LogP contribution is -1.92. The van der Waals surface area contributed by atoms with Crippen LogP contribution in [0.3, 0.4) is 0 Å². The Hall–Kier alpha value is -0.480. The molecule has 0 saturated heterocycles. The molecule has 0 bridgehead atoms. The monoisotopic (exact) mass is 207 g/mol. The van der Waals surface area contributed by atoms with Gasteiger partial charge in [0, 0.05) is 7.04 Å². The zero-order valence-electron chi connectivity index (χ0n) is 9.84. The largest absolute Gasteiger partial charge is 0.378 e. The van der Waals surface area contributed by atoms with Crippen LogP contribution in [0.5, 0.6) is 0 Å². The molecule has 3 nitrogen and oxygen atoms in total. The summed E-state index contributed by atoms with van der Waals surface area (Å²) in [5, 5.41) is 0. The quantitative estimate of drug-likeness (QED) is 0.736. The summed E-state index contributed by atoms with van der Waals surface area (Å²) >= 11 is 3.03. The molecule has 0 amide bonds. The molecule has 0 spiro atoms. The van der Waals surface area contributed by atoms with E-state index in [0.29, 0.717) is 4.60 Å². The first kappa shape index (κ1) is 3.28. The highest BCUT2D eigenvalue weighted by Gasteiger charge is 1.92. The summed E-state index contributed by atoms with van der Waals surface area (Å²) in [6, 6.07) is 0. The summed E-state index contributed by atoms with van der Waals surface area (Å²) < 4.78 is 39.8. The number of nitrogens with zero attached hydrogens (tertiary/aromatic N) is 2. The number of hydrogen-bond donors (Lipinski definition) is 0. The molecule has 1 aromatic heterocycles. The normalized spacial score (nSPS) is 19.9. The van der Waals surface area contributed by atoms with Gasteiger partial charge in [-0.1, -0.05) is 0 Å². The van der Waals surface area contributed by atoms with Gasteiger partial charge in [-0.15, -0.1) is 0 Å². The third-order valence-corrected chi connectivity index (χ3v) is 1.19. The first-order valence-corrected chi connectivity index (χ1v) is 3.18. The Balaban J connectivity index is 2.90. The Morgan fingerprint density at radius 2 is 2.70 bits per heavy atom. The number of methoxy groups -OCH3 is 1. The lowest BCUT2D eigenvalue weighted by Gasteiger charge is -1.95. The van der Waals surface area contributed by atoms with Crippen molar-refractivity contribution in [2.75, 3.05) is 7.04 Å². The Labute approximate surface area is 74.6 Å². The van der Waals surface area contributed by atoms with Crippen LogP contribution in [0, 0.1) is 0 Å². The van der Waals surface area contributed by atoms with Crippen LogP contribution in [0.15, 0.2) is 17.0 Å². The average Bonchev–Trinajstić information content (AvgIpc) is 2.00. The molecule has 0 saturated carbocycles. The Morgan fingerprint density at radius 3 is 3.30 bits per heavy atom. The van der Waals surface area contributed by atoms with Gasteiger partial charge in [-0.2, -0.15) is 0 Å². The number of rotatable bonds is 2. The highest BCUT2D eigenvalue weighted by atomic mass is 79.9. The molecule has 1 rings (SSSR count). The molecule has 0 radical (unpaired) electrons. The lowest BCUT2D eigenvalue weighted by molar-refractivity contribution is 0.181. The van der Waals surface area contributed by atoms with Gasteiger partial charge in [0.05, 0.1) is 31.5 Å². The van der Waals surface area contributed by atoms with Gasteiger partial charge < -0.3 is 4.74 Å². The lowest BCUT2D eigenvalue weighted by atomic mass is 10.5. The number of ether oxygens (including phenoxy) is 1. The van der Waals surface area contributed by atoms with Gasteiger partial charge in [0.15, 0.2) is 0 Å². The molecule has 0 atom stereocenters. The Morgan fingerprint density at radius 1 is 1.80 bits per heavy atom. The van der Waals surface area contributed by atoms with Crippen LogP contribution >= 0.6 is 15.9 Å². The van der Waals surface area contributed by atoms with Gasteiger partial charge in [-0.05, 0) is 15.9 Å². The third-order valence-electron chi connectivity index (χ3n) is 0.776. The van der Waals surface area contributed by atoms with Gasteiger partial charge in [-0.25, -0.2) is 4.98 Å². The molecule has 1 heterocycles. The maximum atomic E-state index is 7.36. The SMILES string of the molecule is [2H]C([2H])([2H])OC([2H])([2H])c1cnc(Br)cn1. The van der Waals surface area contributed by atoms with Crippen molar-refractivity contribution in [3.63, 3.8) is 0 Å². The van der Waals surface area contributed by atoms with Crippen LogP contribution in [0.4, 0.5) is 0 Å². The molecule has 0 aliphatic carbocycles. The van der Waals surface area contributed by atoms with Crippen molar-refractivity contribution in [2.45, 2.75) is 6.56 Å². The second kappa shape index (κ2) is 3.63. The summed E-state index contributed by atoms with van der Waals surface area (Å²) in [5.74, 6) is 0. The minimum Gasteiger partial charge on any atom is -0.378 e. The summed E-state index contributed by atoms with van der Waals surface area (Å²) in [4.78, 5) is 7.40. The molecule has 0 unspecified atom stereocenters. The zero-order chi connectivity index (χ0) is 11.7. The summed E-state index contributed by atoms with van der Waals surface area (Å²) in [7, 11) is -2.82. The molecular formula is C6H7BrN2O. The van der Waals surface area contributed by atoms with E-state index in [1.807, 2.05) is 0 Å². The molecule has 4 heteroatoms. The molecule has 10 heavy (non-hydrogen) atoms. The molecule has 0 aliphatic heterocycles. The van der Waals surface area contributed by atoms with E-state index < -0.39 is 13.6 Å². The van der Waals surface area contributed by atoms with Crippen LogP contribution in [0.2, 0.25) is 0 Å². The Bertz CT molecular complexity index is 338. The van der Waals surface area contributed by atoms with Crippen LogP contribution in [-0.2, 0) is 11.3 Å².